The van der Waals surface area contributed by atoms with Crippen LogP contribution in [0.4, 0.5) is 0 Å². The lowest BCUT2D eigenvalue weighted by molar-refractivity contribution is 0.121. The standard InChI is InChI=1S/C19H20ClNO3S2/c1-2-24-12-19(18(21)25)16(13-6-4-3-5-7-13)17(19)26(22,23)15-10-8-14(20)9-11-15/h3-11,16-17H,2,12H2,1H3,(H2,21,25). The molecule has 0 bridgehead atoms. The van der Waals surface area contributed by atoms with Gasteiger partial charge in [-0.15, -0.1) is 0 Å². The summed E-state index contributed by atoms with van der Waals surface area (Å²) in [5.41, 5.74) is 6.04. The minimum atomic E-state index is -3.67. The van der Waals surface area contributed by atoms with Crippen molar-refractivity contribution >= 4 is 38.6 Å². The molecule has 0 saturated heterocycles. The average molecular weight is 410 g/mol. The van der Waals surface area contributed by atoms with Gasteiger partial charge < -0.3 is 10.5 Å². The predicted molar refractivity (Wildman–Crippen MR) is 107 cm³/mol. The van der Waals surface area contributed by atoms with Crippen molar-refractivity contribution in [3.8, 4) is 0 Å². The van der Waals surface area contributed by atoms with Crippen LogP contribution in [-0.4, -0.2) is 31.9 Å². The quantitative estimate of drug-likeness (QED) is 0.707. The fraction of sp³-hybridized carbons (Fsp3) is 0.316. The number of hydrogen-bond acceptors (Lipinski definition) is 4. The van der Waals surface area contributed by atoms with E-state index in [9.17, 15) is 8.42 Å². The molecular weight excluding hydrogens is 390 g/mol. The molecule has 0 amide bonds. The third-order valence-corrected chi connectivity index (χ3v) is 7.82. The first-order chi connectivity index (χ1) is 12.4. The summed E-state index contributed by atoms with van der Waals surface area (Å²) in [6.45, 7) is 2.49. The van der Waals surface area contributed by atoms with E-state index in [2.05, 4.69) is 0 Å². The molecular formula is C19H20ClNO3S2. The summed E-state index contributed by atoms with van der Waals surface area (Å²) in [7, 11) is -3.67. The van der Waals surface area contributed by atoms with Crippen LogP contribution in [0.3, 0.4) is 0 Å². The summed E-state index contributed by atoms with van der Waals surface area (Å²) in [4.78, 5) is 0.379. The van der Waals surface area contributed by atoms with Crippen molar-refractivity contribution < 1.29 is 13.2 Å². The van der Waals surface area contributed by atoms with Crippen molar-refractivity contribution in [3.63, 3.8) is 0 Å². The first-order valence-electron chi connectivity index (χ1n) is 8.27. The van der Waals surface area contributed by atoms with Crippen LogP contribution in [0.25, 0.3) is 0 Å². The third kappa shape index (κ3) is 3.16. The Labute approximate surface area is 164 Å². The van der Waals surface area contributed by atoms with Gasteiger partial charge in [-0.1, -0.05) is 54.2 Å². The van der Waals surface area contributed by atoms with Crippen molar-refractivity contribution in [2.45, 2.75) is 23.0 Å². The lowest BCUT2D eigenvalue weighted by Crippen LogP contribution is -2.33. The Bertz CT molecular complexity index is 900. The Morgan fingerprint density at radius 2 is 1.81 bits per heavy atom. The molecule has 0 spiro atoms. The van der Waals surface area contributed by atoms with Gasteiger partial charge >= 0.3 is 0 Å². The second-order valence-corrected chi connectivity index (χ2v) is 9.30. The molecule has 4 nitrogen and oxygen atoms in total. The van der Waals surface area contributed by atoms with Gasteiger partial charge in [-0.3, -0.25) is 0 Å². The van der Waals surface area contributed by atoms with Gasteiger partial charge in [0.1, 0.15) is 0 Å². The predicted octanol–water partition coefficient (Wildman–Crippen LogP) is 3.59. The lowest BCUT2D eigenvalue weighted by atomic mass is 10.00. The Morgan fingerprint density at radius 3 is 2.35 bits per heavy atom. The third-order valence-electron chi connectivity index (χ3n) is 4.90. The van der Waals surface area contributed by atoms with Gasteiger partial charge in [0.05, 0.1) is 27.2 Å². The molecule has 3 rings (SSSR count). The summed E-state index contributed by atoms with van der Waals surface area (Å²) < 4.78 is 32.3. The molecule has 0 heterocycles. The molecule has 26 heavy (non-hydrogen) atoms. The normalized spacial score (nSPS) is 25.0. The van der Waals surface area contributed by atoms with Crippen LogP contribution in [0.5, 0.6) is 0 Å². The van der Waals surface area contributed by atoms with E-state index in [4.69, 9.17) is 34.3 Å². The van der Waals surface area contributed by atoms with Gasteiger partial charge in [0.25, 0.3) is 0 Å². The van der Waals surface area contributed by atoms with Crippen molar-refractivity contribution in [1.29, 1.82) is 0 Å². The Morgan fingerprint density at radius 1 is 1.19 bits per heavy atom. The maximum Gasteiger partial charge on any atom is 0.182 e. The number of halogens is 1. The highest BCUT2D eigenvalue weighted by atomic mass is 35.5. The SMILES string of the molecule is CCOCC1(C(N)=S)C(c2ccccc2)C1S(=O)(=O)c1ccc(Cl)cc1. The molecule has 0 radical (unpaired) electrons. The number of thiocarbonyl (C=S) groups is 1. The average Bonchev–Trinajstić information content (AvgIpc) is 3.32. The maximum absolute atomic E-state index is 13.4. The molecule has 2 aromatic rings. The van der Waals surface area contributed by atoms with E-state index in [-0.39, 0.29) is 22.4 Å². The van der Waals surface area contributed by atoms with Crippen molar-refractivity contribution in [1.82, 2.24) is 0 Å². The summed E-state index contributed by atoms with van der Waals surface area (Å²) in [5.74, 6) is -0.339. The fourth-order valence-corrected chi connectivity index (χ4v) is 6.47. The minimum Gasteiger partial charge on any atom is -0.393 e. The van der Waals surface area contributed by atoms with Gasteiger partial charge in [-0.25, -0.2) is 8.42 Å². The first-order valence-corrected chi connectivity index (χ1v) is 10.6. The summed E-state index contributed by atoms with van der Waals surface area (Å²) in [6, 6.07) is 15.6. The fourth-order valence-electron chi connectivity index (χ4n) is 3.57. The van der Waals surface area contributed by atoms with Crippen molar-refractivity contribution in [2.75, 3.05) is 13.2 Å². The van der Waals surface area contributed by atoms with Crippen LogP contribution in [0.15, 0.2) is 59.5 Å². The topological polar surface area (TPSA) is 69.4 Å². The number of rotatable bonds is 7. The van der Waals surface area contributed by atoms with Crippen LogP contribution in [0, 0.1) is 5.41 Å². The van der Waals surface area contributed by atoms with Gasteiger partial charge in [0, 0.05) is 17.5 Å². The Hall–Kier alpha value is -1.47. The number of hydrogen-bond donors (Lipinski definition) is 1. The van der Waals surface area contributed by atoms with Crippen molar-refractivity contribution in [2.24, 2.45) is 11.1 Å². The van der Waals surface area contributed by atoms with E-state index in [1.54, 1.807) is 12.1 Å². The van der Waals surface area contributed by atoms with Crippen LogP contribution in [0.2, 0.25) is 5.02 Å². The molecule has 1 aliphatic rings. The van der Waals surface area contributed by atoms with E-state index in [1.165, 1.54) is 12.1 Å². The summed E-state index contributed by atoms with van der Waals surface area (Å²) >= 11 is 11.2. The van der Waals surface area contributed by atoms with Gasteiger partial charge in [-0.05, 0) is 36.8 Å². The zero-order valence-corrected chi connectivity index (χ0v) is 16.7. The highest BCUT2D eigenvalue weighted by Gasteiger charge is 2.73. The van der Waals surface area contributed by atoms with Crippen LogP contribution in [-0.2, 0) is 14.6 Å². The zero-order valence-electron chi connectivity index (χ0n) is 14.3. The monoisotopic (exact) mass is 409 g/mol. The minimum absolute atomic E-state index is 0.169. The zero-order chi connectivity index (χ0) is 18.9. The Kier molecular flexibility index (Phi) is 5.40. The second-order valence-electron chi connectivity index (χ2n) is 6.35. The van der Waals surface area contributed by atoms with E-state index in [0.717, 1.165) is 5.56 Å². The van der Waals surface area contributed by atoms with Crippen molar-refractivity contribution in [3.05, 3.63) is 65.2 Å². The van der Waals surface area contributed by atoms with E-state index in [1.807, 2.05) is 37.3 Å². The molecule has 1 aliphatic carbocycles. The Balaban J connectivity index is 2.09. The number of nitrogens with two attached hydrogens (primary N) is 1. The van der Waals surface area contributed by atoms with E-state index >= 15 is 0 Å². The highest BCUT2D eigenvalue weighted by Crippen LogP contribution is 2.64. The van der Waals surface area contributed by atoms with Crippen LogP contribution >= 0.6 is 23.8 Å². The molecule has 7 heteroatoms. The largest absolute Gasteiger partial charge is 0.393 e. The van der Waals surface area contributed by atoms with E-state index in [0.29, 0.717) is 11.6 Å². The lowest BCUT2D eigenvalue weighted by Gasteiger charge is -2.17. The van der Waals surface area contributed by atoms with Crippen LogP contribution < -0.4 is 5.73 Å². The molecule has 0 aromatic heterocycles. The summed E-state index contributed by atoms with van der Waals surface area (Å²) in [5, 5.41) is -0.281. The molecule has 1 saturated carbocycles. The molecule has 3 atom stereocenters. The van der Waals surface area contributed by atoms with Gasteiger partial charge in [0.15, 0.2) is 9.84 Å². The number of ether oxygens (including phenoxy) is 1. The molecule has 3 unspecified atom stereocenters. The summed E-state index contributed by atoms with van der Waals surface area (Å²) in [6.07, 6.45) is 0. The molecule has 2 aromatic carbocycles. The van der Waals surface area contributed by atoms with Crippen LogP contribution in [0.1, 0.15) is 18.4 Å². The number of benzene rings is 2. The molecule has 138 valence electrons. The second kappa shape index (κ2) is 7.27. The maximum atomic E-state index is 13.4. The van der Waals surface area contributed by atoms with Gasteiger partial charge in [0.2, 0.25) is 0 Å². The first kappa shape index (κ1) is 19.3. The molecule has 1 fully saturated rings. The van der Waals surface area contributed by atoms with Gasteiger partial charge in [-0.2, -0.15) is 0 Å². The van der Waals surface area contributed by atoms with E-state index < -0.39 is 20.5 Å². The number of sulfone groups is 1. The smallest absolute Gasteiger partial charge is 0.182 e. The molecule has 2 N–H and O–H groups in total. The highest BCUT2D eigenvalue weighted by molar-refractivity contribution is 7.92. The molecule has 0 aliphatic heterocycles.